The van der Waals surface area contributed by atoms with Gasteiger partial charge >= 0.3 is 0 Å². The number of nitrogens with zero attached hydrogens (tertiary/aromatic N) is 3. The lowest BCUT2D eigenvalue weighted by Gasteiger charge is -2.24. The maximum Gasteiger partial charge on any atom is 0.147 e. The van der Waals surface area contributed by atoms with E-state index in [1.165, 1.54) is 12.8 Å². The summed E-state index contributed by atoms with van der Waals surface area (Å²) < 4.78 is 0. The fraction of sp³-hybridized carbons (Fsp3) is 0.667. The van der Waals surface area contributed by atoms with E-state index >= 15 is 0 Å². The third-order valence-corrected chi connectivity index (χ3v) is 3.26. The predicted octanol–water partition coefficient (Wildman–Crippen LogP) is 1.68. The van der Waals surface area contributed by atoms with Gasteiger partial charge in [0.1, 0.15) is 5.82 Å². The van der Waals surface area contributed by atoms with Gasteiger partial charge in [0.05, 0.1) is 5.69 Å². The van der Waals surface area contributed by atoms with Crippen molar-refractivity contribution in [2.24, 2.45) is 0 Å². The second-order valence-electron chi connectivity index (χ2n) is 4.62. The smallest absolute Gasteiger partial charge is 0.147 e. The van der Waals surface area contributed by atoms with Crippen LogP contribution >= 0.6 is 0 Å². The maximum atomic E-state index is 4.28. The highest BCUT2D eigenvalue weighted by atomic mass is 15.2. The molecule has 0 saturated heterocycles. The highest BCUT2D eigenvalue weighted by Gasteiger charge is 2.28. The van der Waals surface area contributed by atoms with E-state index in [9.17, 15) is 0 Å². The lowest BCUT2D eigenvalue weighted by molar-refractivity contribution is 0.257. The van der Waals surface area contributed by atoms with E-state index in [2.05, 4.69) is 34.2 Å². The van der Waals surface area contributed by atoms with Gasteiger partial charge < -0.3 is 5.32 Å². The average Bonchev–Trinajstić information content (AvgIpc) is 3.10. The fourth-order valence-electron chi connectivity index (χ4n) is 1.81. The molecule has 2 rings (SSSR count). The van der Waals surface area contributed by atoms with Gasteiger partial charge in [0.2, 0.25) is 0 Å². The first kappa shape index (κ1) is 11.3. The molecule has 1 saturated carbocycles. The Labute approximate surface area is 97.1 Å². The first-order valence-electron chi connectivity index (χ1n) is 5.92. The van der Waals surface area contributed by atoms with Gasteiger partial charge in [-0.3, -0.25) is 9.88 Å². The molecule has 0 bridgehead atoms. The molecule has 16 heavy (non-hydrogen) atoms. The Bertz CT molecular complexity index is 349. The Morgan fingerprint density at radius 3 is 2.75 bits per heavy atom. The quantitative estimate of drug-likeness (QED) is 0.819. The van der Waals surface area contributed by atoms with Gasteiger partial charge in [-0.15, -0.1) is 0 Å². The number of rotatable bonds is 5. The monoisotopic (exact) mass is 220 g/mol. The van der Waals surface area contributed by atoms with Crippen LogP contribution < -0.4 is 5.32 Å². The van der Waals surface area contributed by atoms with Crippen LogP contribution in [0.3, 0.4) is 0 Å². The Hall–Kier alpha value is -1.16. The van der Waals surface area contributed by atoms with Crippen molar-refractivity contribution >= 4 is 5.82 Å². The first-order chi connectivity index (χ1) is 7.68. The number of aromatic nitrogens is 2. The molecule has 1 fully saturated rings. The summed E-state index contributed by atoms with van der Waals surface area (Å²) in [4.78, 5) is 10.9. The lowest BCUT2D eigenvalue weighted by atomic mass is 10.3. The van der Waals surface area contributed by atoms with Crippen molar-refractivity contribution in [2.45, 2.75) is 38.8 Å². The predicted molar refractivity (Wildman–Crippen MR) is 65.5 cm³/mol. The Morgan fingerprint density at radius 2 is 2.12 bits per heavy atom. The zero-order valence-corrected chi connectivity index (χ0v) is 10.3. The number of anilines is 1. The Morgan fingerprint density at radius 1 is 1.44 bits per heavy atom. The fourth-order valence-corrected chi connectivity index (χ4v) is 1.81. The molecule has 1 aromatic rings. The molecule has 0 radical (unpaired) electrons. The number of likely N-dealkylation sites (N-methyl/N-ethyl adjacent to an activating group) is 1. The van der Waals surface area contributed by atoms with E-state index in [-0.39, 0.29) is 0 Å². The average molecular weight is 220 g/mol. The van der Waals surface area contributed by atoms with Crippen LogP contribution in [0.2, 0.25) is 0 Å². The molecular weight excluding hydrogens is 200 g/mol. The highest BCUT2D eigenvalue weighted by Crippen LogP contribution is 2.26. The van der Waals surface area contributed by atoms with Gasteiger partial charge in [0, 0.05) is 31.0 Å². The summed E-state index contributed by atoms with van der Waals surface area (Å²) in [7, 11) is 2.20. The minimum atomic E-state index is 0.536. The number of hydrogen-bond donors (Lipinski definition) is 1. The third-order valence-electron chi connectivity index (χ3n) is 3.26. The van der Waals surface area contributed by atoms with Crippen molar-refractivity contribution in [1.29, 1.82) is 0 Å². The van der Waals surface area contributed by atoms with E-state index in [1.54, 1.807) is 12.4 Å². The molecule has 0 spiro atoms. The molecule has 1 unspecified atom stereocenters. The number of nitrogens with one attached hydrogen (secondary N) is 1. The Balaban J connectivity index is 1.84. The molecule has 88 valence electrons. The topological polar surface area (TPSA) is 41.1 Å². The molecule has 0 aromatic carbocycles. The van der Waals surface area contributed by atoms with E-state index in [4.69, 9.17) is 0 Å². The number of hydrogen-bond acceptors (Lipinski definition) is 4. The third kappa shape index (κ3) is 2.70. The van der Waals surface area contributed by atoms with Gasteiger partial charge in [-0.2, -0.15) is 0 Å². The zero-order chi connectivity index (χ0) is 11.5. The SMILES string of the molecule is Cc1nccnc1NCC(C)N(C)C1CC1. The van der Waals surface area contributed by atoms with Crippen molar-refractivity contribution < 1.29 is 0 Å². The minimum Gasteiger partial charge on any atom is -0.367 e. The highest BCUT2D eigenvalue weighted by molar-refractivity contribution is 5.38. The molecule has 1 aromatic heterocycles. The number of aryl methyl sites for hydroxylation is 1. The van der Waals surface area contributed by atoms with Crippen LogP contribution in [-0.4, -0.2) is 40.5 Å². The van der Waals surface area contributed by atoms with Gasteiger partial charge in [-0.05, 0) is 33.7 Å². The van der Waals surface area contributed by atoms with E-state index in [0.717, 1.165) is 24.1 Å². The summed E-state index contributed by atoms with van der Waals surface area (Å²) in [5, 5.41) is 3.36. The summed E-state index contributed by atoms with van der Waals surface area (Å²) in [6, 6.07) is 1.34. The van der Waals surface area contributed by atoms with Crippen LogP contribution in [0.1, 0.15) is 25.5 Å². The van der Waals surface area contributed by atoms with Crippen LogP contribution in [0.5, 0.6) is 0 Å². The summed E-state index contributed by atoms with van der Waals surface area (Å²) in [5.41, 5.74) is 0.962. The molecule has 4 heteroatoms. The van der Waals surface area contributed by atoms with Crippen molar-refractivity contribution in [3.63, 3.8) is 0 Å². The second-order valence-corrected chi connectivity index (χ2v) is 4.62. The molecule has 1 aliphatic rings. The van der Waals surface area contributed by atoms with Crippen LogP contribution in [0.15, 0.2) is 12.4 Å². The van der Waals surface area contributed by atoms with E-state index in [1.807, 2.05) is 6.92 Å². The van der Waals surface area contributed by atoms with Crippen LogP contribution in [0, 0.1) is 6.92 Å². The van der Waals surface area contributed by atoms with Gasteiger partial charge in [-0.25, -0.2) is 4.98 Å². The minimum absolute atomic E-state index is 0.536. The Kier molecular flexibility index (Phi) is 3.39. The van der Waals surface area contributed by atoms with Crippen molar-refractivity contribution in [1.82, 2.24) is 14.9 Å². The summed E-state index contributed by atoms with van der Waals surface area (Å²) in [5.74, 6) is 0.901. The molecular formula is C12H20N4. The summed E-state index contributed by atoms with van der Waals surface area (Å²) in [6.45, 7) is 5.15. The van der Waals surface area contributed by atoms with E-state index in [0.29, 0.717) is 6.04 Å². The van der Waals surface area contributed by atoms with E-state index < -0.39 is 0 Å². The maximum absolute atomic E-state index is 4.28. The van der Waals surface area contributed by atoms with Gasteiger partial charge in [-0.1, -0.05) is 0 Å². The molecule has 0 aliphatic heterocycles. The summed E-state index contributed by atoms with van der Waals surface area (Å²) >= 11 is 0. The normalized spacial score (nSPS) is 17.5. The zero-order valence-electron chi connectivity index (χ0n) is 10.3. The van der Waals surface area contributed by atoms with Crippen LogP contribution in [0.25, 0.3) is 0 Å². The molecule has 1 aliphatic carbocycles. The van der Waals surface area contributed by atoms with Crippen LogP contribution in [0.4, 0.5) is 5.82 Å². The van der Waals surface area contributed by atoms with Gasteiger partial charge in [0.25, 0.3) is 0 Å². The molecule has 0 amide bonds. The van der Waals surface area contributed by atoms with Crippen molar-refractivity contribution in [3.8, 4) is 0 Å². The molecule has 1 N–H and O–H groups in total. The molecule has 1 atom stereocenters. The largest absolute Gasteiger partial charge is 0.367 e. The lowest BCUT2D eigenvalue weighted by Crippen LogP contribution is -2.36. The van der Waals surface area contributed by atoms with Crippen molar-refractivity contribution in [3.05, 3.63) is 18.1 Å². The molecule has 4 nitrogen and oxygen atoms in total. The van der Waals surface area contributed by atoms with Crippen LogP contribution in [-0.2, 0) is 0 Å². The second kappa shape index (κ2) is 4.78. The summed E-state index contributed by atoms with van der Waals surface area (Å²) in [6.07, 6.45) is 6.15. The standard InChI is InChI=1S/C12H20N4/c1-9(16(3)11-4-5-11)8-15-12-10(2)13-6-7-14-12/h6-7,9,11H,4-5,8H2,1-3H3,(H,14,15). The molecule has 1 heterocycles. The van der Waals surface area contributed by atoms with Crippen molar-refractivity contribution in [2.75, 3.05) is 18.9 Å². The van der Waals surface area contributed by atoms with Gasteiger partial charge in [0.15, 0.2) is 0 Å². The first-order valence-corrected chi connectivity index (χ1v) is 5.92.